The Morgan fingerprint density at radius 2 is 2.05 bits per heavy atom. The summed E-state index contributed by atoms with van der Waals surface area (Å²) in [7, 11) is 1.94. The second-order valence-corrected chi connectivity index (χ2v) is 5.65. The molecular weight excluding hydrogens is 308 g/mol. The Labute approximate surface area is 121 Å². The SMILES string of the molecule is CCc1nn(C)c(Cn2nnc(N)c2C(C)C)c1Br. The molecule has 2 N–H and O–H groups in total. The summed E-state index contributed by atoms with van der Waals surface area (Å²) in [5, 5.41) is 12.6. The first kappa shape index (κ1) is 14.0. The van der Waals surface area contributed by atoms with E-state index >= 15 is 0 Å². The lowest BCUT2D eigenvalue weighted by atomic mass is 10.1. The molecule has 2 aromatic heterocycles. The molecular formula is C12H19BrN6. The zero-order valence-corrected chi connectivity index (χ0v) is 13.3. The van der Waals surface area contributed by atoms with Crippen LogP contribution in [-0.4, -0.2) is 24.8 Å². The lowest BCUT2D eigenvalue weighted by Gasteiger charge is -2.10. The number of rotatable bonds is 4. The summed E-state index contributed by atoms with van der Waals surface area (Å²) >= 11 is 3.61. The van der Waals surface area contributed by atoms with Gasteiger partial charge in [-0.05, 0) is 28.3 Å². The zero-order chi connectivity index (χ0) is 14.2. The molecule has 0 fully saturated rings. The predicted molar refractivity (Wildman–Crippen MR) is 77.9 cm³/mol. The van der Waals surface area contributed by atoms with Gasteiger partial charge in [0, 0.05) is 7.05 Å². The van der Waals surface area contributed by atoms with Crippen molar-refractivity contribution in [1.29, 1.82) is 0 Å². The predicted octanol–water partition coefficient (Wildman–Crippen LogP) is 2.09. The van der Waals surface area contributed by atoms with Crippen molar-refractivity contribution in [1.82, 2.24) is 24.8 Å². The third-order valence-corrected chi connectivity index (χ3v) is 4.07. The standard InChI is InChI=1S/C12H19BrN6/c1-5-8-10(13)9(18(4)16-8)6-19-11(7(2)3)12(14)15-17-19/h7H,5-6,14H2,1-4H3. The van der Waals surface area contributed by atoms with E-state index < -0.39 is 0 Å². The highest BCUT2D eigenvalue weighted by molar-refractivity contribution is 9.10. The molecule has 0 bridgehead atoms. The minimum atomic E-state index is 0.285. The molecule has 0 radical (unpaired) electrons. The summed E-state index contributed by atoms with van der Waals surface area (Å²) in [6, 6.07) is 0. The highest BCUT2D eigenvalue weighted by atomic mass is 79.9. The number of nitrogen functional groups attached to an aromatic ring is 1. The zero-order valence-electron chi connectivity index (χ0n) is 11.7. The van der Waals surface area contributed by atoms with Gasteiger partial charge in [-0.1, -0.05) is 26.0 Å². The van der Waals surface area contributed by atoms with Gasteiger partial charge in [0.05, 0.1) is 28.1 Å². The first-order valence-corrected chi connectivity index (χ1v) is 7.14. The summed E-state index contributed by atoms with van der Waals surface area (Å²) in [4.78, 5) is 0. The van der Waals surface area contributed by atoms with Crippen LogP contribution in [0.4, 0.5) is 5.82 Å². The highest BCUT2D eigenvalue weighted by Crippen LogP contribution is 2.25. The van der Waals surface area contributed by atoms with Gasteiger partial charge in [-0.15, -0.1) is 5.10 Å². The van der Waals surface area contributed by atoms with E-state index in [0.29, 0.717) is 12.4 Å². The van der Waals surface area contributed by atoms with E-state index in [0.717, 1.165) is 28.0 Å². The second kappa shape index (κ2) is 5.32. The molecule has 0 saturated carbocycles. The van der Waals surface area contributed by atoms with Gasteiger partial charge in [0.1, 0.15) is 0 Å². The Kier molecular flexibility index (Phi) is 3.93. The monoisotopic (exact) mass is 326 g/mol. The fraction of sp³-hybridized carbons (Fsp3) is 0.583. The molecule has 104 valence electrons. The normalized spacial score (nSPS) is 11.5. The van der Waals surface area contributed by atoms with Gasteiger partial charge >= 0.3 is 0 Å². The molecule has 0 aliphatic heterocycles. The molecule has 0 saturated heterocycles. The molecule has 2 aromatic rings. The molecule has 0 amide bonds. The van der Waals surface area contributed by atoms with E-state index in [1.165, 1.54) is 0 Å². The van der Waals surface area contributed by atoms with Crippen LogP contribution in [0.2, 0.25) is 0 Å². The molecule has 0 spiro atoms. The van der Waals surface area contributed by atoms with Crippen LogP contribution in [0.3, 0.4) is 0 Å². The van der Waals surface area contributed by atoms with E-state index in [1.807, 2.05) is 16.4 Å². The van der Waals surface area contributed by atoms with E-state index in [4.69, 9.17) is 5.73 Å². The van der Waals surface area contributed by atoms with Gasteiger partial charge in [0.2, 0.25) is 0 Å². The number of hydrogen-bond donors (Lipinski definition) is 1. The third kappa shape index (κ3) is 2.51. The summed E-state index contributed by atoms with van der Waals surface area (Å²) in [5.74, 6) is 0.789. The molecule has 19 heavy (non-hydrogen) atoms. The first-order valence-electron chi connectivity index (χ1n) is 6.34. The van der Waals surface area contributed by atoms with Gasteiger partial charge in [0.25, 0.3) is 0 Å². The van der Waals surface area contributed by atoms with Crippen LogP contribution in [0.15, 0.2) is 4.47 Å². The van der Waals surface area contributed by atoms with Gasteiger partial charge in [-0.3, -0.25) is 4.68 Å². The van der Waals surface area contributed by atoms with Gasteiger partial charge < -0.3 is 5.73 Å². The molecule has 0 aliphatic rings. The number of nitrogens with two attached hydrogens (primary N) is 1. The minimum Gasteiger partial charge on any atom is -0.381 e. The number of anilines is 1. The summed E-state index contributed by atoms with van der Waals surface area (Å²) in [6.07, 6.45) is 0.894. The van der Waals surface area contributed by atoms with Crippen LogP contribution < -0.4 is 5.73 Å². The fourth-order valence-corrected chi connectivity index (χ4v) is 2.92. The maximum Gasteiger partial charge on any atom is 0.169 e. The Bertz CT molecular complexity index is 583. The second-order valence-electron chi connectivity index (χ2n) is 4.86. The number of halogens is 1. The van der Waals surface area contributed by atoms with E-state index in [-0.39, 0.29) is 5.92 Å². The maximum absolute atomic E-state index is 5.87. The average molecular weight is 327 g/mol. The van der Waals surface area contributed by atoms with Crippen LogP contribution >= 0.6 is 15.9 Å². The third-order valence-electron chi connectivity index (χ3n) is 3.15. The fourth-order valence-electron chi connectivity index (χ4n) is 2.18. The van der Waals surface area contributed by atoms with Gasteiger partial charge in [-0.2, -0.15) is 5.10 Å². The van der Waals surface area contributed by atoms with E-state index in [2.05, 4.69) is 52.1 Å². The molecule has 7 heteroatoms. The van der Waals surface area contributed by atoms with Crippen molar-refractivity contribution in [2.75, 3.05) is 5.73 Å². The van der Waals surface area contributed by atoms with Crippen molar-refractivity contribution in [3.05, 3.63) is 21.6 Å². The minimum absolute atomic E-state index is 0.285. The molecule has 0 aromatic carbocycles. The summed E-state index contributed by atoms with van der Waals surface area (Å²) < 4.78 is 4.77. The van der Waals surface area contributed by atoms with Crippen molar-refractivity contribution < 1.29 is 0 Å². The molecule has 0 unspecified atom stereocenters. The van der Waals surface area contributed by atoms with Crippen molar-refractivity contribution >= 4 is 21.7 Å². The number of hydrogen-bond acceptors (Lipinski definition) is 4. The van der Waals surface area contributed by atoms with Crippen molar-refractivity contribution in [3.8, 4) is 0 Å². The average Bonchev–Trinajstić information content (AvgIpc) is 2.84. The smallest absolute Gasteiger partial charge is 0.169 e. The lowest BCUT2D eigenvalue weighted by Crippen LogP contribution is -2.12. The van der Waals surface area contributed by atoms with Gasteiger partial charge in [-0.25, -0.2) is 4.68 Å². The van der Waals surface area contributed by atoms with Crippen molar-refractivity contribution in [2.24, 2.45) is 7.05 Å². The van der Waals surface area contributed by atoms with Crippen LogP contribution in [0.1, 0.15) is 43.8 Å². The quantitative estimate of drug-likeness (QED) is 0.933. The molecule has 2 rings (SSSR count). The number of nitrogens with zero attached hydrogens (tertiary/aromatic N) is 5. The molecule has 0 atom stereocenters. The maximum atomic E-state index is 5.87. The Morgan fingerprint density at radius 1 is 1.37 bits per heavy atom. The van der Waals surface area contributed by atoms with Crippen LogP contribution in [-0.2, 0) is 20.0 Å². The summed E-state index contributed by atoms with van der Waals surface area (Å²) in [6.45, 7) is 6.87. The highest BCUT2D eigenvalue weighted by Gasteiger charge is 2.18. The Balaban J connectivity index is 2.39. The van der Waals surface area contributed by atoms with Crippen LogP contribution in [0.5, 0.6) is 0 Å². The number of aromatic nitrogens is 5. The number of aryl methyl sites for hydroxylation is 2. The Hall–Kier alpha value is -1.37. The molecule has 2 heterocycles. The summed E-state index contributed by atoms with van der Waals surface area (Å²) in [5.41, 5.74) is 8.96. The topological polar surface area (TPSA) is 74.5 Å². The first-order chi connectivity index (χ1) is 8.95. The van der Waals surface area contributed by atoms with Crippen molar-refractivity contribution in [3.63, 3.8) is 0 Å². The molecule has 6 nitrogen and oxygen atoms in total. The van der Waals surface area contributed by atoms with E-state index in [9.17, 15) is 0 Å². The largest absolute Gasteiger partial charge is 0.381 e. The Morgan fingerprint density at radius 3 is 2.58 bits per heavy atom. The van der Waals surface area contributed by atoms with Crippen LogP contribution in [0, 0.1) is 0 Å². The van der Waals surface area contributed by atoms with Crippen molar-refractivity contribution in [2.45, 2.75) is 39.7 Å². The van der Waals surface area contributed by atoms with E-state index in [1.54, 1.807) is 0 Å². The van der Waals surface area contributed by atoms with Gasteiger partial charge in [0.15, 0.2) is 5.82 Å². The molecule has 0 aliphatic carbocycles. The lowest BCUT2D eigenvalue weighted by molar-refractivity contribution is 0.564. The van der Waals surface area contributed by atoms with Crippen LogP contribution in [0.25, 0.3) is 0 Å².